The number of fused-ring (bicyclic) bond motifs is 1. The van der Waals surface area contributed by atoms with E-state index < -0.39 is 0 Å². The molecule has 140 valence electrons. The zero-order chi connectivity index (χ0) is 18.5. The Balaban J connectivity index is 1.26. The highest BCUT2D eigenvalue weighted by Crippen LogP contribution is 2.20. The van der Waals surface area contributed by atoms with Crippen molar-refractivity contribution in [3.8, 4) is 0 Å². The van der Waals surface area contributed by atoms with Crippen LogP contribution in [0.25, 0.3) is 10.9 Å². The van der Waals surface area contributed by atoms with Crippen molar-refractivity contribution in [2.45, 2.75) is 19.3 Å². The standard InChI is InChI=1S/C21H24N4O2/c26-21(7-3-4-16-14-22-19-6-2-1-5-18(16)19)24-20-9-8-17(15-23-20)25-10-12-27-13-11-25/h1-2,5-6,8-9,14-15,22H,3-4,7,10-13H2,(H,23,24,26). The zero-order valence-electron chi connectivity index (χ0n) is 15.3. The van der Waals surface area contributed by atoms with Crippen LogP contribution in [-0.2, 0) is 16.0 Å². The number of nitrogens with zero attached hydrogens (tertiary/aromatic N) is 2. The molecule has 0 unspecified atom stereocenters. The van der Waals surface area contributed by atoms with Gasteiger partial charge < -0.3 is 19.9 Å². The SMILES string of the molecule is O=C(CCCc1c[nH]c2ccccc12)Nc1ccc(N2CCOCC2)cn1. The fraction of sp³-hybridized carbons (Fsp3) is 0.333. The van der Waals surface area contributed by atoms with Gasteiger partial charge in [-0.2, -0.15) is 0 Å². The molecule has 2 aromatic heterocycles. The van der Waals surface area contributed by atoms with Crippen LogP contribution < -0.4 is 10.2 Å². The molecule has 6 heteroatoms. The lowest BCUT2D eigenvalue weighted by molar-refractivity contribution is -0.116. The lowest BCUT2D eigenvalue weighted by Crippen LogP contribution is -2.36. The number of carbonyl (C=O) groups excluding carboxylic acids is 1. The molecule has 6 nitrogen and oxygen atoms in total. The fourth-order valence-electron chi connectivity index (χ4n) is 3.45. The molecule has 1 saturated heterocycles. The predicted molar refractivity (Wildman–Crippen MR) is 107 cm³/mol. The summed E-state index contributed by atoms with van der Waals surface area (Å²) in [6.07, 6.45) is 6.01. The Morgan fingerprint density at radius 3 is 2.85 bits per heavy atom. The first-order valence-corrected chi connectivity index (χ1v) is 9.43. The van der Waals surface area contributed by atoms with E-state index in [0.29, 0.717) is 12.2 Å². The molecule has 1 aromatic carbocycles. The first-order valence-electron chi connectivity index (χ1n) is 9.43. The molecular formula is C21H24N4O2. The van der Waals surface area contributed by atoms with E-state index in [1.807, 2.05) is 36.7 Å². The van der Waals surface area contributed by atoms with Gasteiger partial charge in [0.05, 0.1) is 25.1 Å². The van der Waals surface area contributed by atoms with Gasteiger partial charge in [-0.15, -0.1) is 0 Å². The van der Waals surface area contributed by atoms with Gasteiger partial charge in [0.15, 0.2) is 0 Å². The van der Waals surface area contributed by atoms with Gasteiger partial charge in [-0.1, -0.05) is 18.2 Å². The summed E-state index contributed by atoms with van der Waals surface area (Å²) in [5.41, 5.74) is 3.46. The molecule has 0 bridgehead atoms. The number of ether oxygens (including phenoxy) is 1. The number of H-pyrrole nitrogens is 1. The number of pyridine rings is 1. The molecule has 1 aliphatic rings. The third-order valence-electron chi connectivity index (χ3n) is 4.92. The largest absolute Gasteiger partial charge is 0.378 e. The molecule has 1 fully saturated rings. The number of para-hydroxylation sites is 1. The molecule has 0 aliphatic carbocycles. The number of anilines is 2. The molecule has 1 aliphatic heterocycles. The minimum atomic E-state index is 0.00136. The lowest BCUT2D eigenvalue weighted by atomic mass is 10.1. The maximum absolute atomic E-state index is 12.2. The van der Waals surface area contributed by atoms with Crippen molar-refractivity contribution in [1.82, 2.24) is 9.97 Å². The number of aromatic amines is 1. The Labute approximate surface area is 158 Å². The summed E-state index contributed by atoms with van der Waals surface area (Å²) in [6.45, 7) is 3.24. The lowest BCUT2D eigenvalue weighted by Gasteiger charge is -2.28. The molecule has 2 N–H and O–H groups in total. The zero-order valence-corrected chi connectivity index (χ0v) is 15.3. The first-order chi connectivity index (χ1) is 13.3. The number of benzene rings is 1. The maximum atomic E-state index is 12.2. The summed E-state index contributed by atoms with van der Waals surface area (Å²) in [6, 6.07) is 12.1. The molecule has 3 aromatic rings. The van der Waals surface area contributed by atoms with Gasteiger partial charge in [0.1, 0.15) is 5.82 Å². The van der Waals surface area contributed by atoms with Crippen molar-refractivity contribution in [1.29, 1.82) is 0 Å². The van der Waals surface area contributed by atoms with Crippen molar-refractivity contribution in [3.05, 3.63) is 54.4 Å². The van der Waals surface area contributed by atoms with E-state index >= 15 is 0 Å². The Kier molecular flexibility index (Phi) is 5.34. The molecular weight excluding hydrogens is 340 g/mol. The summed E-state index contributed by atoms with van der Waals surface area (Å²) >= 11 is 0. The van der Waals surface area contributed by atoms with Crippen molar-refractivity contribution in [2.24, 2.45) is 0 Å². The minimum Gasteiger partial charge on any atom is -0.378 e. The van der Waals surface area contributed by atoms with E-state index in [0.717, 1.165) is 50.3 Å². The molecule has 0 spiro atoms. The number of nitrogens with one attached hydrogen (secondary N) is 2. The Morgan fingerprint density at radius 1 is 1.19 bits per heavy atom. The quantitative estimate of drug-likeness (QED) is 0.704. The van der Waals surface area contributed by atoms with E-state index in [1.165, 1.54) is 10.9 Å². The highest BCUT2D eigenvalue weighted by atomic mass is 16.5. The van der Waals surface area contributed by atoms with Gasteiger partial charge in [0.25, 0.3) is 0 Å². The summed E-state index contributed by atoms with van der Waals surface area (Å²) in [7, 11) is 0. The third kappa shape index (κ3) is 4.28. The number of aromatic nitrogens is 2. The number of amides is 1. The van der Waals surface area contributed by atoms with Crippen LogP contribution in [-0.4, -0.2) is 42.2 Å². The molecule has 3 heterocycles. The molecule has 0 saturated carbocycles. The number of aryl methyl sites for hydroxylation is 1. The predicted octanol–water partition coefficient (Wildman–Crippen LogP) is 3.36. The van der Waals surface area contributed by atoms with Crippen LogP contribution in [0.15, 0.2) is 48.8 Å². The topological polar surface area (TPSA) is 70.2 Å². The summed E-state index contributed by atoms with van der Waals surface area (Å²) in [5.74, 6) is 0.602. The smallest absolute Gasteiger partial charge is 0.225 e. The number of hydrogen-bond acceptors (Lipinski definition) is 4. The van der Waals surface area contributed by atoms with Gasteiger partial charge in [-0.05, 0) is 36.6 Å². The fourth-order valence-corrected chi connectivity index (χ4v) is 3.45. The second-order valence-corrected chi connectivity index (χ2v) is 6.76. The van der Waals surface area contributed by atoms with Crippen LogP contribution in [0.3, 0.4) is 0 Å². The summed E-state index contributed by atoms with van der Waals surface area (Å²) in [5, 5.41) is 4.12. The van der Waals surface area contributed by atoms with Crippen LogP contribution in [0.2, 0.25) is 0 Å². The summed E-state index contributed by atoms with van der Waals surface area (Å²) in [4.78, 5) is 22.1. The van der Waals surface area contributed by atoms with Crippen LogP contribution in [0, 0.1) is 0 Å². The van der Waals surface area contributed by atoms with Gasteiger partial charge in [0.2, 0.25) is 5.91 Å². The van der Waals surface area contributed by atoms with Crippen molar-refractivity contribution < 1.29 is 9.53 Å². The maximum Gasteiger partial charge on any atom is 0.225 e. The molecule has 1 amide bonds. The average Bonchev–Trinajstić information content (AvgIpc) is 3.12. The highest BCUT2D eigenvalue weighted by Gasteiger charge is 2.12. The molecule has 0 radical (unpaired) electrons. The minimum absolute atomic E-state index is 0.00136. The van der Waals surface area contributed by atoms with Gasteiger partial charge in [-0.3, -0.25) is 4.79 Å². The molecule has 4 rings (SSSR count). The second kappa shape index (κ2) is 8.22. The van der Waals surface area contributed by atoms with E-state index in [1.54, 1.807) is 0 Å². The van der Waals surface area contributed by atoms with E-state index in [9.17, 15) is 4.79 Å². The Hall–Kier alpha value is -2.86. The average molecular weight is 364 g/mol. The van der Waals surface area contributed by atoms with Crippen molar-refractivity contribution in [3.63, 3.8) is 0 Å². The molecule has 27 heavy (non-hydrogen) atoms. The second-order valence-electron chi connectivity index (χ2n) is 6.76. The van der Waals surface area contributed by atoms with Crippen LogP contribution in [0.1, 0.15) is 18.4 Å². The summed E-state index contributed by atoms with van der Waals surface area (Å²) < 4.78 is 5.36. The first kappa shape index (κ1) is 17.5. The Morgan fingerprint density at radius 2 is 2.04 bits per heavy atom. The van der Waals surface area contributed by atoms with Gasteiger partial charge >= 0.3 is 0 Å². The number of morpholine rings is 1. The highest BCUT2D eigenvalue weighted by molar-refractivity contribution is 5.90. The van der Waals surface area contributed by atoms with E-state index in [4.69, 9.17) is 4.74 Å². The molecule has 0 atom stereocenters. The van der Waals surface area contributed by atoms with E-state index in [2.05, 4.69) is 32.3 Å². The van der Waals surface area contributed by atoms with Gasteiger partial charge in [-0.25, -0.2) is 4.98 Å². The van der Waals surface area contributed by atoms with Crippen LogP contribution >= 0.6 is 0 Å². The monoisotopic (exact) mass is 364 g/mol. The van der Waals surface area contributed by atoms with Crippen LogP contribution in [0.5, 0.6) is 0 Å². The third-order valence-corrected chi connectivity index (χ3v) is 4.92. The van der Waals surface area contributed by atoms with E-state index in [-0.39, 0.29) is 5.91 Å². The van der Waals surface area contributed by atoms with Crippen molar-refractivity contribution >= 4 is 28.3 Å². The van der Waals surface area contributed by atoms with Crippen LogP contribution in [0.4, 0.5) is 11.5 Å². The van der Waals surface area contributed by atoms with Gasteiger partial charge in [0, 0.05) is 36.6 Å². The Bertz CT molecular complexity index is 898. The normalized spacial score (nSPS) is 14.4. The number of carbonyl (C=O) groups is 1. The number of rotatable bonds is 6. The van der Waals surface area contributed by atoms with Crippen molar-refractivity contribution in [2.75, 3.05) is 36.5 Å². The number of hydrogen-bond donors (Lipinski definition) is 2.